The van der Waals surface area contributed by atoms with Gasteiger partial charge in [0.1, 0.15) is 5.82 Å². The van der Waals surface area contributed by atoms with E-state index in [0.717, 1.165) is 42.5 Å². The van der Waals surface area contributed by atoms with Crippen LogP contribution >= 0.6 is 0 Å². The predicted octanol–water partition coefficient (Wildman–Crippen LogP) is 5.07. The monoisotopic (exact) mass is 358 g/mol. The maximum atomic E-state index is 4.97. The third kappa shape index (κ3) is 3.27. The van der Waals surface area contributed by atoms with Crippen molar-refractivity contribution in [3.05, 3.63) is 66.2 Å². The molecule has 0 amide bonds. The van der Waals surface area contributed by atoms with E-state index in [1.807, 2.05) is 6.07 Å². The van der Waals surface area contributed by atoms with E-state index in [2.05, 4.69) is 85.2 Å². The van der Waals surface area contributed by atoms with Gasteiger partial charge in [0.05, 0.1) is 5.69 Å². The van der Waals surface area contributed by atoms with Gasteiger partial charge in [-0.1, -0.05) is 48.5 Å². The third-order valence-corrected chi connectivity index (χ3v) is 5.27. The highest BCUT2D eigenvalue weighted by Gasteiger charge is 2.28. The number of fused-ring (bicyclic) bond motifs is 1. The lowest BCUT2D eigenvalue weighted by atomic mass is 10.1. The van der Waals surface area contributed by atoms with Crippen molar-refractivity contribution in [2.24, 2.45) is 0 Å². The van der Waals surface area contributed by atoms with Crippen LogP contribution in [0.25, 0.3) is 11.3 Å². The molecule has 4 nitrogen and oxygen atoms in total. The summed E-state index contributed by atoms with van der Waals surface area (Å²) >= 11 is 0. The Bertz CT molecular complexity index is 919. The summed E-state index contributed by atoms with van der Waals surface area (Å²) in [5.74, 6) is 1.77. The van der Waals surface area contributed by atoms with Crippen molar-refractivity contribution in [1.29, 1.82) is 0 Å². The first-order chi connectivity index (χ1) is 13.2. The van der Waals surface area contributed by atoms with Crippen molar-refractivity contribution >= 4 is 17.5 Å². The minimum absolute atomic E-state index is 0.380. The maximum absolute atomic E-state index is 4.97. The SMILES string of the molecule is CCN(CC)c1nc(-c2ccccc2)cc(N2c3ccccc3CC2C)n1. The zero-order valence-electron chi connectivity index (χ0n) is 16.3. The molecule has 0 saturated heterocycles. The summed E-state index contributed by atoms with van der Waals surface area (Å²) in [6, 6.07) is 21.5. The largest absolute Gasteiger partial charge is 0.341 e. The van der Waals surface area contributed by atoms with Crippen LogP contribution in [0.3, 0.4) is 0 Å². The number of benzene rings is 2. The molecule has 2 heterocycles. The second kappa shape index (κ2) is 7.39. The Morgan fingerprint density at radius 2 is 1.67 bits per heavy atom. The molecule has 1 unspecified atom stereocenters. The molecule has 1 aromatic heterocycles. The average molecular weight is 358 g/mol. The molecule has 1 atom stereocenters. The van der Waals surface area contributed by atoms with E-state index in [-0.39, 0.29) is 0 Å². The molecule has 0 radical (unpaired) electrons. The molecule has 0 bridgehead atoms. The highest BCUT2D eigenvalue weighted by Crippen LogP contribution is 2.38. The molecule has 1 aliphatic rings. The number of hydrogen-bond acceptors (Lipinski definition) is 4. The summed E-state index contributed by atoms with van der Waals surface area (Å²) in [5.41, 5.74) is 4.73. The fraction of sp³-hybridized carbons (Fsp3) is 0.304. The van der Waals surface area contributed by atoms with Gasteiger partial charge in [0.25, 0.3) is 0 Å². The van der Waals surface area contributed by atoms with Crippen molar-refractivity contribution in [1.82, 2.24) is 9.97 Å². The normalized spacial score (nSPS) is 15.7. The second-order valence-electron chi connectivity index (χ2n) is 7.00. The van der Waals surface area contributed by atoms with Crippen molar-refractivity contribution in [3.63, 3.8) is 0 Å². The van der Waals surface area contributed by atoms with E-state index in [0.29, 0.717) is 6.04 Å². The van der Waals surface area contributed by atoms with Gasteiger partial charge in [0, 0.05) is 36.4 Å². The summed E-state index contributed by atoms with van der Waals surface area (Å²) in [4.78, 5) is 14.4. The standard InChI is InChI=1S/C23H26N4/c1-4-26(5-2)23-24-20(18-11-7-6-8-12-18)16-22(25-23)27-17(3)15-19-13-9-10-14-21(19)27/h6-14,16-17H,4-5,15H2,1-3H3. The van der Waals surface area contributed by atoms with Crippen molar-refractivity contribution in [3.8, 4) is 11.3 Å². The van der Waals surface area contributed by atoms with Crippen LogP contribution < -0.4 is 9.80 Å². The Morgan fingerprint density at radius 1 is 0.963 bits per heavy atom. The van der Waals surface area contributed by atoms with Gasteiger partial charge >= 0.3 is 0 Å². The Morgan fingerprint density at radius 3 is 2.41 bits per heavy atom. The number of hydrogen-bond donors (Lipinski definition) is 0. The molecule has 4 rings (SSSR count). The molecular weight excluding hydrogens is 332 g/mol. The molecule has 0 spiro atoms. The van der Waals surface area contributed by atoms with E-state index < -0.39 is 0 Å². The summed E-state index contributed by atoms with van der Waals surface area (Å²) in [5, 5.41) is 0. The number of para-hydroxylation sites is 1. The molecule has 27 heavy (non-hydrogen) atoms. The van der Waals surface area contributed by atoms with E-state index in [4.69, 9.17) is 9.97 Å². The first kappa shape index (κ1) is 17.5. The van der Waals surface area contributed by atoms with Gasteiger partial charge in [-0.2, -0.15) is 4.98 Å². The predicted molar refractivity (Wildman–Crippen MR) is 113 cm³/mol. The van der Waals surface area contributed by atoms with E-state index in [1.54, 1.807) is 0 Å². The molecule has 0 aliphatic carbocycles. The maximum Gasteiger partial charge on any atom is 0.227 e. The molecule has 0 fully saturated rings. The summed E-state index contributed by atoms with van der Waals surface area (Å²) < 4.78 is 0. The lowest BCUT2D eigenvalue weighted by Crippen LogP contribution is -2.28. The molecule has 0 saturated carbocycles. The highest BCUT2D eigenvalue weighted by atomic mass is 15.3. The minimum atomic E-state index is 0.380. The van der Waals surface area contributed by atoms with Gasteiger partial charge in [-0.3, -0.25) is 0 Å². The zero-order chi connectivity index (χ0) is 18.8. The average Bonchev–Trinajstić information content (AvgIpc) is 3.05. The van der Waals surface area contributed by atoms with Gasteiger partial charge < -0.3 is 9.80 Å². The Hall–Kier alpha value is -2.88. The van der Waals surface area contributed by atoms with Crippen molar-refractivity contribution in [2.45, 2.75) is 33.2 Å². The van der Waals surface area contributed by atoms with Crippen LogP contribution in [0.4, 0.5) is 17.5 Å². The van der Waals surface area contributed by atoms with Crippen LogP contribution in [0.5, 0.6) is 0 Å². The van der Waals surface area contributed by atoms with Crippen LogP contribution in [0.1, 0.15) is 26.3 Å². The first-order valence-corrected chi connectivity index (χ1v) is 9.77. The molecule has 1 aliphatic heterocycles. The Labute approximate surface area is 161 Å². The quantitative estimate of drug-likeness (QED) is 0.637. The first-order valence-electron chi connectivity index (χ1n) is 9.77. The van der Waals surface area contributed by atoms with E-state index in [1.165, 1.54) is 11.3 Å². The number of rotatable bonds is 5. The third-order valence-electron chi connectivity index (χ3n) is 5.27. The fourth-order valence-electron chi connectivity index (χ4n) is 3.86. The molecule has 2 aromatic carbocycles. The van der Waals surface area contributed by atoms with Crippen molar-refractivity contribution in [2.75, 3.05) is 22.9 Å². The lowest BCUT2D eigenvalue weighted by Gasteiger charge is -2.27. The van der Waals surface area contributed by atoms with E-state index in [9.17, 15) is 0 Å². The molecule has 0 N–H and O–H groups in total. The Kier molecular flexibility index (Phi) is 4.80. The van der Waals surface area contributed by atoms with E-state index >= 15 is 0 Å². The molecule has 3 aromatic rings. The summed E-state index contributed by atoms with van der Waals surface area (Å²) in [6.07, 6.45) is 1.04. The smallest absolute Gasteiger partial charge is 0.227 e. The van der Waals surface area contributed by atoms with Gasteiger partial charge in [-0.25, -0.2) is 4.98 Å². The van der Waals surface area contributed by atoms with Gasteiger partial charge in [-0.15, -0.1) is 0 Å². The minimum Gasteiger partial charge on any atom is -0.341 e. The van der Waals surface area contributed by atoms with Crippen LogP contribution in [-0.4, -0.2) is 29.1 Å². The van der Waals surface area contributed by atoms with Crippen molar-refractivity contribution < 1.29 is 0 Å². The second-order valence-corrected chi connectivity index (χ2v) is 7.00. The van der Waals surface area contributed by atoms with Crippen LogP contribution in [-0.2, 0) is 6.42 Å². The van der Waals surface area contributed by atoms with Crippen LogP contribution in [0.15, 0.2) is 60.7 Å². The number of nitrogens with zero attached hydrogens (tertiary/aromatic N) is 4. The number of aromatic nitrogens is 2. The highest BCUT2D eigenvalue weighted by molar-refractivity contribution is 5.73. The molecule has 138 valence electrons. The topological polar surface area (TPSA) is 32.3 Å². The lowest BCUT2D eigenvalue weighted by molar-refractivity contribution is 0.744. The Balaban J connectivity index is 1.86. The zero-order valence-corrected chi connectivity index (χ0v) is 16.3. The fourth-order valence-corrected chi connectivity index (χ4v) is 3.86. The summed E-state index contributed by atoms with van der Waals surface area (Å²) in [6.45, 7) is 8.34. The van der Waals surface area contributed by atoms with Crippen LogP contribution in [0.2, 0.25) is 0 Å². The number of anilines is 3. The molecular formula is C23H26N4. The summed E-state index contributed by atoms with van der Waals surface area (Å²) in [7, 11) is 0. The molecule has 4 heteroatoms. The van der Waals surface area contributed by atoms with Gasteiger partial charge in [0.2, 0.25) is 5.95 Å². The van der Waals surface area contributed by atoms with Crippen LogP contribution in [0, 0.1) is 0 Å². The van der Waals surface area contributed by atoms with Gasteiger partial charge in [0.15, 0.2) is 0 Å². The van der Waals surface area contributed by atoms with Gasteiger partial charge in [-0.05, 0) is 38.8 Å².